The lowest BCUT2D eigenvalue weighted by molar-refractivity contribution is -0.151. The predicted molar refractivity (Wildman–Crippen MR) is 81.1 cm³/mol. The van der Waals surface area contributed by atoms with Gasteiger partial charge in [-0.3, -0.25) is 4.79 Å². The molecular formula is C15H22BrNO2. The maximum absolute atomic E-state index is 11.6. The molecule has 0 radical (unpaired) electrons. The zero-order valence-electron chi connectivity index (χ0n) is 12.1. The van der Waals surface area contributed by atoms with E-state index < -0.39 is 5.41 Å². The Labute approximate surface area is 124 Å². The minimum Gasteiger partial charge on any atom is -0.469 e. The van der Waals surface area contributed by atoms with E-state index in [1.165, 1.54) is 12.7 Å². The van der Waals surface area contributed by atoms with E-state index in [2.05, 4.69) is 33.0 Å². The van der Waals surface area contributed by atoms with Gasteiger partial charge in [-0.15, -0.1) is 0 Å². The summed E-state index contributed by atoms with van der Waals surface area (Å²) < 4.78 is 5.91. The summed E-state index contributed by atoms with van der Waals surface area (Å²) in [5, 5.41) is 0. The van der Waals surface area contributed by atoms with Gasteiger partial charge >= 0.3 is 5.97 Å². The first-order valence-corrected chi connectivity index (χ1v) is 7.16. The average Bonchev–Trinajstić information content (AvgIpc) is 2.36. The molecule has 0 aliphatic carbocycles. The second kappa shape index (κ2) is 7.06. The van der Waals surface area contributed by atoms with Crippen LogP contribution in [0, 0.1) is 5.41 Å². The molecule has 4 heteroatoms. The van der Waals surface area contributed by atoms with Crippen molar-refractivity contribution in [2.75, 3.05) is 27.2 Å². The van der Waals surface area contributed by atoms with Gasteiger partial charge in [-0.05, 0) is 45.0 Å². The number of benzene rings is 1. The van der Waals surface area contributed by atoms with Gasteiger partial charge in [-0.25, -0.2) is 0 Å². The molecular weight excluding hydrogens is 306 g/mol. The maximum Gasteiger partial charge on any atom is 0.312 e. The van der Waals surface area contributed by atoms with Gasteiger partial charge in [0.2, 0.25) is 0 Å². The van der Waals surface area contributed by atoms with Gasteiger partial charge in [0.15, 0.2) is 0 Å². The van der Waals surface area contributed by atoms with Crippen LogP contribution in [0.15, 0.2) is 28.7 Å². The molecule has 0 aliphatic rings. The van der Waals surface area contributed by atoms with Crippen molar-refractivity contribution in [1.29, 1.82) is 0 Å². The number of carbonyl (C=O) groups is 1. The van der Waals surface area contributed by atoms with Crippen LogP contribution in [0.2, 0.25) is 0 Å². The number of nitrogens with zero attached hydrogens (tertiary/aromatic N) is 1. The Morgan fingerprint density at radius 2 is 1.89 bits per heavy atom. The molecule has 0 amide bonds. The second-order valence-corrected chi connectivity index (χ2v) is 6.41. The van der Waals surface area contributed by atoms with Gasteiger partial charge in [-0.2, -0.15) is 0 Å². The lowest BCUT2D eigenvalue weighted by Crippen LogP contribution is -2.38. The summed E-state index contributed by atoms with van der Waals surface area (Å²) >= 11 is 3.43. The molecule has 0 spiro atoms. The van der Waals surface area contributed by atoms with E-state index in [-0.39, 0.29) is 5.97 Å². The van der Waals surface area contributed by atoms with Crippen molar-refractivity contribution in [3.8, 4) is 0 Å². The van der Waals surface area contributed by atoms with Gasteiger partial charge in [0, 0.05) is 17.6 Å². The predicted octanol–water partition coefficient (Wildman–Crippen LogP) is 3.12. The van der Waals surface area contributed by atoms with Crippen molar-refractivity contribution in [2.24, 2.45) is 5.41 Å². The van der Waals surface area contributed by atoms with Crippen LogP contribution in [0.4, 0.5) is 0 Å². The standard InChI is InChI=1S/C15H22BrNO2/c1-15(2,14(18)19-4)11-17(3)10-9-12-5-7-13(16)8-6-12/h5-8H,9-11H2,1-4H3. The van der Waals surface area contributed by atoms with E-state index in [4.69, 9.17) is 4.74 Å². The van der Waals surface area contributed by atoms with E-state index in [0.717, 1.165) is 17.4 Å². The highest BCUT2D eigenvalue weighted by molar-refractivity contribution is 9.10. The maximum atomic E-state index is 11.6. The van der Waals surface area contributed by atoms with E-state index in [1.807, 2.05) is 33.0 Å². The Hall–Kier alpha value is -0.870. The molecule has 0 unspecified atom stereocenters. The van der Waals surface area contributed by atoms with E-state index in [0.29, 0.717) is 6.54 Å². The van der Waals surface area contributed by atoms with Crippen LogP contribution in [0.5, 0.6) is 0 Å². The molecule has 0 atom stereocenters. The minimum absolute atomic E-state index is 0.164. The van der Waals surface area contributed by atoms with Crippen molar-refractivity contribution in [2.45, 2.75) is 20.3 Å². The van der Waals surface area contributed by atoms with E-state index in [1.54, 1.807) is 0 Å². The highest BCUT2D eigenvalue weighted by atomic mass is 79.9. The number of esters is 1. The summed E-state index contributed by atoms with van der Waals surface area (Å²) in [7, 11) is 3.47. The number of carbonyl (C=O) groups excluding carboxylic acids is 1. The highest BCUT2D eigenvalue weighted by Gasteiger charge is 2.29. The highest BCUT2D eigenvalue weighted by Crippen LogP contribution is 2.18. The topological polar surface area (TPSA) is 29.5 Å². The number of ether oxygens (including phenoxy) is 1. The molecule has 0 N–H and O–H groups in total. The monoisotopic (exact) mass is 327 g/mol. The van der Waals surface area contributed by atoms with Gasteiger partial charge in [0.1, 0.15) is 0 Å². The fraction of sp³-hybridized carbons (Fsp3) is 0.533. The van der Waals surface area contributed by atoms with Crippen LogP contribution < -0.4 is 0 Å². The molecule has 0 aliphatic heterocycles. The minimum atomic E-state index is -0.469. The van der Waals surface area contributed by atoms with Crippen LogP contribution in [0.25, 0.3) is 0 Å². The molecule has 1 rings (SSSR count). The van der Waals surface area contributed by atoms with Crippen molar-refractivity contribution in [1.82, 2.24) is 4.90 Å². The Kier molecular flexibility index (Phi) is 6.01. The number of likely N-dealkylation sites (N-methyl/N-ethyl adjacent to an activating group) is 1. The third kappa shape index (κ3) is 5.33. The van der Waals surface area contributed by atoms with Crippen LogP contribution >= 0.6 is 15.9 Å². The van der Waals surface area contributed by atoms with Crippen LogP contribution in [-0.4, -0.2) is 38.1 Å². The third-order valence-electron chi connectivity index (χ3n) is 3.10. The number of hydrogen-bond donors (Lipinski definition) is 0. The fourth-order valence-electron chi connectivity index (χ4n) is 2.07. The van der Waals surface area contributed by atoms with Gasteiger partial charge in [0.25, 0.3) is 0 Å². The first-order chi connectivity index (χ1) is 8.85. The molecule has 0 saturated heterocycles. The Morgan fingerprint density at radius 1 is 1.32 bits per heavy atom. The van der Waals surface area contributed by atoms with Gasteiger partial charge in [-0.1, -0.05) is 28.1 Å². The first-order valence-electron chi connectivity index (χ1n) is 6.36. The molecule has 0 heterocycles. The second-order valence-electron chi connectivity index (χ2n) is 5.49. The zero-order chi connectivity index (χ0) is 14.5. The summed E-state index contributed by atoms with van der Waals surface area (Å²) in [4.78, 5) is 13.8. The first kappa shape index (κ1) is 16.2. The molecule has 1 aromatic carbocycles. The lowest BCUT2D eigenvalue weighted by atomic mass is 9.93. The quantitative estimate of drug-likeness (QED) is 0.752. The van der Waals surface area contributed by atoms with Crippen molar-refractivity contribution >= 4 is 21.9 Å². The number of halogens is 1. The van der Waals surface area contributed by atoms with E-state index >= 15 is 0 Å². The fourth-order valence-corrected chi connectivity index (χ4v) is 2.33. The van der Waals surface area contributed by atoms with Crippen molar-refractivity contribution in [3.05, 3.63) is 34.3 Å². The summed E-state index contributed by atoms with van der Waals surface area (Å²) in [5.74, 6) is -0.164. The number of hydrogen-bond acceptors (Lipinski definition) is 3. The summed E-state index contributed by atoms with van der Waals surface area (Å²) in [6.07, 6.45) is 0.973. The van der Waals surface area contributed by atoms with Crippen LogP contribution in [-0.2, 0) is 16.0 Å². The lowest BCUT2D eigenvalue weighted by Gasteiger charge is -2.27. The van der Waals surface area contributed by atoms with Crippen LogP contribution in [0.1, 0.15) is 19.4 Å². The molecule has 106 valence electrons. The molecule has 1 aromatic rings. The SMILES string of the molecule is COC(=O)C(C)(C)CN(C)CCc1ccc(Br)cc1. The Morgan fingerprint density at radius 3 is 2.42 bits per heavy atom. The van der Waals surface area contributed by atoms with E-state index in [9.17, 15) is 4.79 Å². The number of methoxy groups -OCH3 is 1. The summed E-state index contributed by atoms with van der Waals surface area (Å²) in [6.45, 7) is 5.43. The number of rotatable bonds is 6. The van der Waals surface area contributed by atoms with Gasteiger partial charge in [0.05, 0.1) is 12.5 Å². The molecule has 0 bridgehead atoms. The zero-order valence-corrected chi connectivity index (χ0v) is 13.7. The third-order valence-corrected chi connectivity index (χ3v) is 3.63. The largest absolute Gasteiger partial charge is 0.469 e. The summed E-state index contributed by atoms with van der Waals surface area (Å²) in [6, 6.07) is 8.33. The smallest absolute Gasteiger partial charge is 0.312 e. The normalized spacial score (nSPS) is 11.7. The Balaban J connectivity index is 2.45. The molecule has 19 heavy (non-hydrogen) atoms. The molecule has 0 saturated carbocycles. The molecule has 3 nitrogen and oxygen atoms in total. The van der Waals surface area contributed by atoms with Gasteiger partial charge < -0.3 is 9.64 Å². The van der Waals surface area contributed by atoms with Crippen LogP contribution in [0.3, 0.4) is 0 Å². The van der Waals surface area contributed by atoms with Crippen molar-refractivity contribution < 1.29 is 9.53 Å². The molecule has 0 aromatic heterocycles. The molecule has 0 fully saturated rings. The average molecular weight is 328 g/mol. The summed E-state index contributed by atoms with van der Waals surface area (Å²) in [5.41, 5.74) is 0.828. The Bertz CT molecular complexity index is 415. The van der Waals surface area contributed by atoms with Crippen molar-refractivity contribution in [3.63, 3.8) is 0 Å².